The number of carbonyl (C=O) groups excluding carboxylic acids is 2. The van der Waals surface area contributed by atoms with Crippen molar-refractivity contribution in [2.45, 2.75) is 26.7 Å². The van der Waals surface area contributed by atoms with Gasteiger partial charge in [-0.15, -0.1) is 0 Å². The van der Waals surface area contributed by atoms with Crippen LogP contribution in [0.5, 0.6) is 0 Å². The van der Waals surface area contributed by atoms with E-state index in [1.54, 1.807) is 0 Å². The lowest BCUT2D eigenvalue weighted by atomic mass is 9.78. The third-order valence-corrected chi connectivity index (χ3v) is 5.92. The highest BCUT2D eigenvalue weighted by atomic mass is 16.6. The van der Waals surface area contributed by atoms with Crippen molar-refractivity contribution in [3.05, 3.63) is 12.2 Å². The number of carbonyl (C=O) groups is 2. The van der Waals surface area contributed by atoms with E-state index in [0.717, 1.165) is 0 Å². The molecule has 0 spiro atoms. The molecule has 2 aliphatic carbocycles. The predicted octanol–water partition coefficient (Wildman–Crippen LogP) is 1.79. The lowest BCUT2D eigenvalue weighted by molar-refractivity contribution is -0.166. The standard InChI is InChI=1S/C25H42O10/c1-3-28-7-9-30-11-13-32-15-17-34-23(26)22-19-21-5-6-25(22,20-21)24(27)35-18-16-33-14-12-31-10-8-29-4-2/h5-6,21-22H,3-4,7-20H2,1-2H3. The highest BCUT2D eigenvalue weighted by Crippen LogP contribution is 2.54. The van der Waals surface area contributed by atoms with E-state index < -0.39 is 17.3 Å². The van der Waals surface area contributed by atoms with Crippen LogP contribution in [-0.4, -0.2) is 104 Å². The molecule has 0 amide bonds. The summed E-state index contributed by atoms with van der Waals surface area (Å²) in [5.41, 5.74) is -0.945. The van der Waals surface area contributed by atoms with Crippen molar-refractivity contribution < 1.29 is 47.5 Å². The van der Waals surface area contributed by atoms with Gasteiger partial charge in [0.2, 0.25) is 0 Å². The summed E-state index contributed by atoms with van der Waals surface area (Å²) < 4.78 is 42.8. The average molecular weight is 503 g/mol. The maximum absolute atomic E-state index is 12.9. The molecule has 3 unspecified atom stereocenters. The molecule has 35 heavy (non-hydrogen) atoms. The molecule has 0 aromatic heterocycles. The SMILES string of the molecule is CCOCCOCCOCCOC(=O)C1CC2C=CC1(C(=O)OCCOCCOCCOCC)C2. The van der Waals surface area contributed by atoms with Gasteiger partial charge in [0, 0.05) is 13.2 Å². The van der Waals surface area contributed by atoms with E-state index in [9.17, 15) is 9.59 Å². The van der Waals surface area contributed by atoms with Crippen LogP contribution in [0.2, 0.25) is 0 Å². The van der Waals surface area contributed by atoms with E-state index in [1.165, 1.54) is 0 Å². The second kappa shape index (κ2) is 17.8. The molecule has 10 heteroatoms. The third-order valence-electron chi connectivity index (χ3n) is 5.92. The fourth-order valence-electron chi connectivity index (χ4n) is 4.21. The zero-order valence-corrected chi connectivity index (χ0v) is 21.2. The topological polar surface area (TPSA) is 108 Å². The van der Waals surface area contributed by atoms with Gasteiger partial charge in [0.1, 0.15) is 13.2 Å². The van der Waals surface area contributed by atoms with Crippen molar-refractivity contribution in [3.8, 4) is 0 Å². The normalized spacial score (nSPS) is 22.6. The van der Waals surface area contributed by atoms with Crippen LogP contribution in [0.25, 0.3) is 0 Å². The Hall–Kier alpha value is -1.56. The van der Waals surface area contributed by atoms with Crippen molar-refractivity contribution in [1.82, 2.24) is 0 Å². The van der Waals surface area contributed by atoms with Crippen molar-refractivity contribution in [1.29, 1.82) is 0 Å². The van der Waals surface area contributed by atoms with Crippen LogP contribution in [0, 0.1) is 17.3 Å². The van der Waals surface area contributed by atoms with Gasteiger partial charge in [-0.05, 0) is 32.6 Å². The Kier molecular flexibility index (Phi) is 15.1. The maximum Gasteiger partial charge on any atom is 0.316 e. The first-order chi connectivity index (χ1) is 17.1. The van der Waals surface area contributed by atoms with Crippen LogP contribution >= 0.6 is 0 Å². The lowest BCUT2D eigenvalue weighted by Crippen LogP contribution is -2.39. The average Bonchev–Trinajstić information content (AvgIpc) is 3.46. The van der Waals surface area contributed by atoms with Crippen molar-refractivity contribution >= 4 is 11.9 Å². The Labute approximate surface area is 208 Å². The highest BCUT2D eigenvalue weighted by Gasteiger charge is 2.58. The van der Waals surface area contributed by atoms with E-state index in [-0.39, 0.29) is 38.3 Å². The molecule has 2 bridgehead atoms. The minimum Gasteiger partial charge on any atom is -0.463 e. The van der Waals surface area contributed by atoms with Crippen LogP contribution < -0.4 is 0 Å². The van der Waals surface area contributed by atoms with Gasteiger partial charge in [-0.3, -0.25) is 9.59 Å². The Morgan fingerprint density at radius 3 is 1.63 bits per heavy atom. The summed E-state index contributed by atoms with van der Waals surface area (Å²) in [6, 6.07) is 0. The van der Waals surface area contributed by atoms with Crippen LogP contribution in [0.4, 0.5) is 0 Å². The van der Waals surface area contributed by atoms with Gasteiger partial charge in [0.05, 0.1) is 77.4 Å². The number of hydrogen-bond donors (Lipinski definition) is 0. The number of rotatable bonds is 22. The van der Waals surface area contributed by atoms with Crippen molar-refractivity contribution in [2.75, 3.05) is 92.5 Å². The quantitative estimate of drug-likeness (QED) is 0.124. The van der Waals surface area contributed by atoms with Crippen LogP contribution in [-0.2, 0) is 47.5 Å². The molecule has 1 fully saturated rings. The van der Waals surface area contributed by atoms with Gasteiger partial charge in [-0.25, -0.2) is 0 Å². The maximum atomic E-state index is 12.9. The van der Waals surface area contributed by atoms with Crippen LogP contribution in [0.3, 0.4) is 0 Å². The summed E-state index contributed by atoms with van der Waals surface area (Å²) in [6.45, 7) is 9.91. The molecule has 0 aromatic carbocycles. The zero-order valence-electron chi connectivity index (χ0n) is 21.2. The molecule has 0 radical (unpaired) electrons. The Bertz CT molecular complexity index is 625. The first-order valence-electron chi connectivity index (χ1n) is 12.6. The molecule has 0 heterocycles. The van der Waals surface area contributed by atoms with E-state index in [1.807, 2.05) is 26.0 Å². The van der Waals surface area contributed by atoms with Gasteiger partial charge < -0.3 is 37.9 Å². The zero-order chi connectivity index (χ0) is 25.2. The van der Waals surface area contributed by atoms with Gasteiger partial charge >= 0.3 is 11.9 Å². The molecule has 0 saturated heterocycles. The fraction of sp³-hybridized carbons (Fsp3) is 0.840. The number of fused-ring (bicyclic) bond motifs is 2. The number of allylic oxidation sites excluding steroid dienone is 1. The monoisotopic (exact) mass is 502 g/mol. The third kappa shape index (κ3) is 10.5. The van der Waals surface area contributed by atoms with Crippen LogP contribution in [0.1, 0.15) is 26.7 Å². The summed E-state index contributed by atoms with van der Waals surface area (Å²) in [6.07, 6.45) is 4.98. The molecule has 3 atom stereocenters. The molecule has 1 saturated carbocycles. The second-order valence-electron chi connectivity index (χ2n) is 8.30. The van der Waals surface area contributed by atoms with Gasteiger partial charge in [0.25, 0.3) is 0 Å². The fourth-order valence-corrected chi connectivity index (χ4v) is 4.21. The summed E-state index contributed by atoms with van der Waals surface area (Å²) in [5, 5.41) is 0. The first kappa shape index (κ1) is 29.7. The van der Waals surface area contributed by atoms with Gasteiger partial charge in [-0.2, -0.15) is 0 Å². The molecule has 0 N–H and O–H groups in total. The predicted molar refractivity (Wildman–Crippen MR) is 126 cm³/mol. The molecule has 2 rings (SSSR count). The Morgan fingerprint density at radius 1 is 0.686 bits per heavy atom. The summed E-state index contributed by atoms with van der Waals surface area (Å²) >= 11 is 0. The van der Waals surface area contributed by atoms with Gasteiger partial charge in [-0.1, -0.05) is 12.2 Å². The summed E-state index contributed by atoms with van der Waals surface area (Å²) in [4.78, 5) is 25.6. The second-order valence-corrected chi connectivity index (χ2v) is 8.30. The molecule has 202 valence electrons. The molecule has 2 aliphatic rings. The number of ether oxygens (including phenoxy) is 8. The van der Waals surface area contributed by atoms with Crippen LogP contribution in [0.15, 0.2) is 12.2 Å². The number of hydrogen-bond acceptors (Lipinski definition) is 10. The Balaban J connectivity index is 1.58. The Morgan fingerprint density at radius 2 is 1.14 bits per heavy atom. The molecule has 0 aliphatic heterocycles. The summed E-state index contributed by atoms with van der Waals surface area (Å²) in [5.74, 6) is -1.12. The van der Waals surface area contributed by atoms with Crippen molar-refractivity contribution in [2.24, 2.45) is 17.3 Å². The largest absolute Gasteiger partial charge is 0.463 e. The summed E-state index contributed by atoms with van der Waals surface area (Å²) in [7, 11) is 0. The minimum atomic E-state index is -0.945. The molecular formula is C25H42O10. The van der Waals surface area contributed by atoms with Crippen molar-refractivity contribution in [3.63, 3.8) is 0 Å². The van der Waals surface area contributed by atoms with E-state index in [4.69, 9.17) is 37.9 Å². The lowest BCUT2D eigenvalue weighted by Gasteiger charge is -2.28. The van der Waals surface area contributed by atoms with Gasteiger partial charge in [0.15, 0.2) is 0 Å². The molecule has 10 nitrogen and oxygen atoms in total. The van der Waals surface area contributed by atoms with E-state index >= 15 is 0 Å². The van der Waals surface area contributed by atoms with E-state index in [0.29, 0.717) is 78.9 Å². The minimum absolute atomic E-state index is 0.125. The van der Waals surface area contributed by atoms with E-state index in [2.05, 4.69) is 0 Å². The molecular weight excluding hydrogens is 460 g/mol. The molecule has 0 aromatic rings. The first-order valence-corrected chi connectivity index (χ1v) is 12.6. The number of esters is 2. The smallest absolute Gasteiger partial charge is 0.316 e. The highest BCUT2D eigenvalue weighted by molar-refractivity contribution is 5.89.